The van der Waals surface area contributed by atoms with E-state index in [0.717, 1.165) is 18.5 Å². The zero-order valence-electron chi connectivity index (χ0n) is 11.5. The maximum atomic E-state index is 13.5. The number of likely N-dealkylation sites (tertiary alicyclic amines) is 1. The molecule has 18 heavy (non-hydrogen) atoms. The lowest BCUT2D eigenvalue weighted by Crippen LogP contribution is -2.50. The first-order valence-electron chi connectivity index (χ1n) is 6.75. The summed E-state index contributed by atoms with van der Waals surface area (Å²) in [4.78, 5) is 2.39. The van der Waals surface area contributed by atoms with Crippen molar-refractivity contribution in [3.05, 3.63) is 35.6 Å². The molecule has 2 nitrogen and oxygen atoms in total. The predicted octanol–water partition coefficient (Wildman–Crippen LogP) is 2.64. The van der Waals surface area contributed by atoms with Gasteiger partial charge in [0, 0.05) is 30.7 Å². The highest BCUT2D eigenvalue weighted by molar-refractivity contribution is 5.17. The molecule has 0 bridgehead atoms. The van der Waals surface area contributed by atoms with E-state index in [1.165, 1.54) is 6.07 Å². The number of rotatable bonds is 3. The van der Waals surface area contributed by atoms with Gasteiger partial charge in [-0.25, -0.2) is 4.39 Å². The van der Waals surface area contributed by atoms with E-state index in [0.29, 0.717) is 24.5 Å². The third kappa shape index (κ3) is 3.09. The van der Waals surface area contributed by atoms with E-state index in [1.54, 1.807) is 6.07 Å². The van der Waals surface area contributed by atoms with Crippen LogP contribution in [0.5, 0.6) is 0 Å². The van der Waals surface area contributed by atoms with Crippen LogP contribution in [0.2, 0.25) is 0 Å². The molecule has 3 unspecified atom stereocenters. The van der Waals surface area contributed by atoms with Crippen LogP contribution in [0.1, 0.15) is 25.8 Å². The minimum absolute atomic E-state index is 0.112. The monoisotopic (exact) mass is 250 g/mol. The Kier molecular flexibility index (Phi) is 4.36. The van der Waals surface area contributed by atoms with E-state index >= 15 is 0 Å². The summed E-state index contributed by atoms with van der Waals surface area (Å²) in [7, 11) is 2.17. The Hall–Kier alpha value is -0.930. The highest BCUT2D eigenvalue weighted by Crippen LogP contribution is 2.21. The average molecular weight is 250 g/mol. The third-order valence-electron chi connectivity index (χ3n) is 4.12. The number of hydrogen-bond acceptors (Lipinski definition) is 2. The van der Waals surface area contributed by atoms with E-state index in [-0.39, 0.29) is 5.82 Å². The highest BCUT2D eigenvalue weighted by Gasteiger charge is 2.28. The van der Waals surface area contributed by atoms with Crippen LogP contribution in [0.3, 0.4) is 0 Å². The van der Waals surface area contributed by atoms with E-state index < -0.39 is 0 Å². The molecule has 1 heterocycles. The summed E-state index contributed by atoms with van der Waals surface area (Å²) in [5, 5.41) is 3.51. The van der Waals surface area contributed by atoms with Gasteiger partial charge in [-0.1, -0.05) is 25.1 Å². The highest BCUT2D eigenvalue weighted by atomic mass is 19.1. The van der Waals surface area contributed by atoms with Crippen molar-refractivity contribution in [2.24, 2.45) is 5.92 Å². The van der Waals surface area contributed by atoms with Crippen molar-refractivity contribution in [2.75, 3.05) is 13.6 Å². The van der Waals surface area contributed by atoms with Gasteiger partial charge in [-0.2, -0.15) is 0 Å². The minimum Gasteiger partial charge on any atom is -0.309 e. The van der Waals surface area contributed by atoms with E-state index in [4.69, 9.17) is 0 Å². The molecule has 1 saturated heterocycles. The predicted molar refractivity (Wildman–Crippen MR) is 72.9 cm³/mol. The van der Waals surface area contributed by atoms with Crippen molar-refractivity contribution >= 4 is 0 Å². The molecule has 1 aromatic rings. The van der Waals surface area contributed by atoms with Crippen molar-refractivity contribution in [1.29, 1.82) is 0 Å². The third-order valence-corrected chi connectivity index (χ3v) is 4.12. The van der Waals surface area contributed by atoms with Gasteiger partial charge >= 0.3 is 0 Å². The van der Waals surface area contributed by atoms with Gasteiger partial charge in [-0.15, -0.1) is 0 Å². The molecule has 1 fully saturated rings. The second-order valence-corrected chi connectivity index (χ2v) is 5.58. The Balaban J connectivity index is 1.92. The second-order valence-electron chi connectivity index (χ2n) is 5.58. The van der Waals surface area contributed by atoms with Crippen molar-refractivity contribution in [2.45, 2.75) is 38.9 Å². The van der Waals surface area contributed by atoms with Crippen LogP contribution in [0, 0.1) is 11.7 Å². The molecule has 0 spiro atoms. The molecule has 2 rings (SSSR count). The minimum atomic E-state index is -0.112. The van der Waals surface area contributed by atoms with Gasteiger partial charge in [0.15, 0.2) is 0 Å². The molecule has 0 amide bonds. The smallest absolute Gasteiger partial charge is 0.127 e. The second kappa shape index (κ2) is 5.81. The Morgan fingerprint density at radius 3 is 2.78 bits per heavy atom. The molecule has 3 heteroatoms. The first-order valence-corrected chi connectivity index (χ1v) is 6.75. The van der Waals surface area contributed by atoms with Crippen LogP contribution in [-0.2, 0) is 6.54 Å². The fourth-order valence-corrected chi connectivity index (χ4v) is 2.71. The fraction of sp³-hybridized carbons (Fsp3) is 0.600. The molecule has 0 aromatic heterocycles. The van der Waals surface area contributed by atoms with Crippen molar-refractivity contribution in [3.8, 4) is 0 Å². The van der Waals surface area contributed by atoms with Crippen LogP contribution in [0.4, 0.5) is 4.39 Å². The first kappa shape index (κ1) is 13.5. The van der Waals surface area contributed by atoms with Crippen LogP contribution < -0.4 is 5.32 Å². The first-order chi connectivity index (χ1) is 8.58. The Bertz CT molecular complexity index is 394. The summed E-state index contributed by atoms with van der Waals surface area (Å²) in [6.45, 7) is 6.25. The van der Waals surface area contributed by atoms with E-state index in [1.807, 2.05) is 12.1 Å². The Morgan fingerprint density at radius 1 is 1.33 bits per heavy atom. The summed E-state index contributed by atoms with van der Waals surface area (Å²) >= 11 is 0. The van der Waals surface area contributed by atoms with Crippen molar-refractivity contribution in [1.82, 2.24) is 10.2 Å². The van der Waals surface area contributed by atoms with E-state index in [9.17, 15) is 4.39 Å². The number of nitrogens with one attached hydrogen (secondary N) is 1. The van der Waals surface area contributed by atoms with Crippen LogP contribution in [-0.4, -0.2) is 30.6 Å². The number of piperidine rings is 1. The molecule has 1 aromatic carbocycles. The number of benzene rings is 1. The molecule has 3 atom stereocenters. The molecular formula is C15H23FN2. The maximum Gasteiger partial charge on any atom is 0.127 e. The molecule has 100 valence electrons. The lowest BCUT2D eigenvalue weighted by molar-refractivity contribution is 0.121. The van der Waals surface area contributed by atoms with Gasteiger partial charge in [-0.05, 0) is 32.4 Å². The normalized spacial score (nSPS) is 29.4. The Labute approximate surface area is 109 Å². The summed E-state index contributed by atoms with van der Waals surface area (Å²) in [6.07, 6.45) is 1.13. The topological polar surface area (TPSA) is 15.3 Å². The fourth-order valence-electron chi connectivity index (χ4n) is 2.71. The maximum absolute atomic E-state index is 13.5. The lowest BCUT2D eigenvalue weighted by atomic mass is 9.89. The quantitative estimate of drug-likeness (QED) is 0.887. The van der Waals surface area contributed by atoms with Crippen molar-refractivity contribution in [3.63, 3.8) is 0 Å². The lowest BCUT2D eigenvalue weighted by Gasteiger charge is -2.40. The zero-order chi connectivity index (χ0) is 13.1. The van der Waals surface area contributed by atoms with Gasteiger partial charge in [0.05, 0.1) is 0 Å². The molecule has 1 aliphatic rings. The van der Waals surface area contributed by atoms with Crippen LogP contribution >= 0.6 is 0 Å². The number of nitrogens with zero attached hydrogens (tertiary/aromatic N) is 1. The van der Waals surface area contributed by atoms with Gasteiger partial charge in [0.2, 0.25) is 0 Å². The molecule has 0 radical (unpaired) electrons. The van der Waals surface area contributed by atoms with Gasteiger partial charge < -0.3 is 10.2 Å². The largest absolute Gasteiger partial charge is 0.309 e. The average Bonchev–Trinajstić information content (AvgIpc) is 2.34. The van der Waals surface area contributed by atoms with Crippen LogP contribution in [0.15, 0.2) is 24.3 Å². The summed E-state index contributed by atoms with van der Waals surface area (Å²) in [6, 6.07) is 8.08. The van der Waals surface area contributed by atoms with Gasteiger partial charge in [0.1, 0.15) is 5.82 Å². The number of halogens is 1. The summed E-state index contributed by atoms with van der Waals surface area (Å²) in [5.74, 6) is 0.497. The number of hydrogen-bond donors (Lipinski definition) is 1. The molecule has 0 aliphatic carbocycles. The molecular weight excluding hydrogens is 227 g/mol. The molecule has 0 saturated carbocycles. The zero-order valence-corrected chi connectivity index (χ0v) is 11.5. The SMILES string of the molecule is CC1CN(C)C(C)CC1NCc1ccccc1F. The molecule has 1 N–H and O–H groups in total. The van der Waals surface area contributed by atoms with E-state index in [2.05, 4.69) is 31.1 Å². The van der Waals surface area contributed by atoms with Gasteiger partial charge in [0.25, 0.3) is 0 Å². The van der Waals surface area contributed by atoms with Gasteiger partial charge in [-0.3, -0.25) is 0 Å². The Morgan fingerprint density at radius 2 is 2.06 bits per heavy atom. The summed E-state index contributed by atoms with van der Waals surface area (Å²) < 4.78 is 13.5. The van der Waals surface area contributed by atoms with Crippen LogP contribution in [0.25, 0.3) is 0 Å². The molecule has 1 aliphatic heterocycles. The van der Waals surface area contributed by atoms with Crippen molar-refractivity contribution < 1.29 is 4.39 Å². The standard InChI is InChI=1S/C15H23FN2/c1-11-10-18(3)12(2)8-15(11)17-9-13-6-4-5-7-14(13)16/h4-7,11-12,15,17H,8-10H2,1-3H3. The summed E-state index contributed by atoms with van der Waals surface area (Å²) in [5.41, 5.74) is 0.760.